The Morgan fingerprint density at radius 3 is 2.75 bits per heavy atom. The number of hydrogen-bond donors (Lipinski definition) is 1. The van der Waals surface area contributed by atoms with E-state index in [-0.39, 0.29) is 5.76 Å². The number of rotatable bonds is 4. The van der Waals surface area contributed by atoms with Crippen molar-refractivity contribution < 1.29 is 5.11 Å². The van der Waals surface area contributed by atoms with Gasteiger partial charge >= 0.3 is 0 Å². The minimum Gasteiger partial charge on any atom is -0.506 e. The van der Waals surface area contributed by atoms with Gasteiger partial charge in [0.05, 0.1) is 5.69 Å². The van der Waals surface area contributed by atoms with Crippen molar-refractivity contribution in [2.45, 2.75) is 19.3 Å². The molecule has 1 aliphatic rings. The number of nitrogens with zero attached hydrogens (tertiary/aromatic N) is 2. The van der Waals surface area contributed by atoms with Gasteiger partial charge in [-0.05, 0) is 42.9 Å². The van der Waals surface area contributed by atoms with Crippen molar-refractivity contribution in [3.8, 4) is 11.3 Å². The molecular formula is C16H15ClN2O. The number of halogens is 1. The highest BCUT2D eigenvalue weighted by Gasteiger charge is 2.22. The van der Waals surface area contributed by atoms with Crippen LogP contribution in [0.4, 0.5) is 0 Å². The third-order valence-electron chi connectivity index (χ3n) is 3.52. The van der Waals surface area contributed by atoms with E-state index in [1.165, 1.54) is 24.7 Å². The van der Waals surface area contributed by atoms with E-state index in [1.54, 1.807) is 6.07 Å². The summed E-state index contributed by atoms with van der Waals surface area (Å²) in [4.78, 5) is 8.17. The first-order valence-corrected chi connectivity index (χ1v) is 7.00. The summed E-state index contributed by atoms with van der Waals surface area (Å²) in [6.07, 6.45) is 5.09. The molecule has 3 nitrogen and oxygen atoms in total. The maximum Gasteiger partial charge on any atom is 0.134 e. The van der Waals surface area contributed by atoms with E-state index in [0.29, 0.717) is 5.69 Å². The van der Waals surface area contributed by atoms with Crippen molar-refractivity contribution in [1.29, 1.82) is 0 Å². The van der Waals surface area contributed by atoms with E-state index in [0.717, 1.165) is 28.6 Å². The lowest BCUT2D eigenvalue weighted by atomic mass is 10.0. The molecule has 0 aliphatic heterocycles. The first kappa shape index (κ1) is 13.1. The van der Waals surface area contributed by atoms with E-state index in [2.05, 4.69) is 22.6 Å². The maximum absolute atomic E-state index is 9.39. The largest absolute Gasteiger partial charge is 0.506 e. The fourth-order valence-corrected chi connectivity index (χ4v) is 2.44. The van der Waals surface area contributed by atoms with Crippen LogP contribution < -0.4 is 0 Å². The van der Waals surface area contributed by atoms with Gasteiger partial charge in [-0.25, -0.2) is 9.97 Å². The molecule has 0 amide bonds. The molecule has 102 valence electrons. The Bertz CT molecular complexity index is 665. The predicted molar refractivity (Wildman–Crippen MR) is 80.6 cm³/mol. The van der Waals surface area contributed by atoms with Crippen LogP contribution in [-0.4, -0.2) is 15.1 Å². The van der Waals surface area contributed by atoms with Crippen molar-refractivity contribution >= 4 is 17.4 Å². The quantitative estimate of drug-likeness (QED) is 0.853. The minimum atomic E-state index is -0.0647. The zero-order chi connectivity index (χ0) is 14.1. The molecule has 0 atom stereocenters. The summed E-state index contributed by atoms with van der Waals surface area (Å²) in [6.45, 7) is 3.47. The van der Waals surface area contributed by atoms with Crippen LogP contribution in [0.5, 0.6) is 0 Å². The monoisotopic (exact) mass is 286 g/mol. The SMILES string of the molecule is C=C(O)c1cc(-c2ccc(CC3CC3)c(Cl)c2)ncn1. The summed E-state index contributed by atoms with van der Waals surface area (Å²) in [5.74, 6) is 0.742. The highest BCUT2D eigenvalue weighted by atomic mass is 35.5. The Kier molecular flexibility index (Phi) is 3.45. The second-order valence-corrected chi connectivity index (χ2v) is 5.60. The molecule has 1 heterocycles. The lowest BCUT2D eigenvalue weighted by Gasteiger charge is -2.07. The van der Waals surface area contributed by atoms with E-state index < -0.39 is 0 Å². The second-order valence-electron chi connectivity index (χ2n) is 5.19. The minimum absolute atomic E-state index is 0.0647. The molecule has 1 N–H and O–H groups in total. The number of benzene rings is 1. The van der Waals surface area contributed by atoms with Crippen molar-refractivity contribution in [3.63, 3.8) is 0 Å². The van der Waals surface area contributed by atoms with Crippen LogP contribution >= 0.6 is 11.6 Å². The van der Waals surface area contributed by atoms with Crippen LogP contribution in [0.1, 0.15) is 24.1 Å². The molecule has 0 unspecified atom stereocenters. The van der Waals surface area contributed by atoms with E-state index in [9.17, 15) is 5.11 Å². The molecule has 4 heteroatoms. The standard InChI is InChI=1S/C16H15ClN2O/c1-10(20)15-8-16(19-9-18-15)13-5-4-12(14(17)7-13)6-11-2-3-11/h4-5,7-9,11,20H,1-3,6H2. The Hall–Kier alpha value is -1.87. The number of aromatic nitrogens is 2. The first-order chi connectivity index (χ1) is 9.63. The van der Waals surface area contributed by atoms with Gasteiger partial charge in [-0.15, -0.1) is 0 Å². The first-order valence-electron chi connectivity index (χ1n) is 6.62. The Morgan fingerprint density at radius 1 is 1.30 bits per heavy atom. The maximum atomic E-state index is 9.39. The van der Waals surface area contributed by atoms with Gasteiger partial charge in [0.1, 0.15) is 17.8 Å². The molecule has 1 fully saturated rings. The van der Waals surface area contributed by atoms with Crippen LogP contribution in [0.15, 0.2) is 37.2 Å². The number of hydrogen-bond acceptors (Lipinski definition) is 3. The Morgan fingerprint density at radius 2 is 2.10 bits per heavy atom. The summed E-state index contributed by atoms with van der Waals surface area (Å²) in [5, 5.41) is 10.2. The summed E-state index contributed by atoms with van der Waals surface area (Å²) in [5.41, 5.74) is 3.26. The molecule has 0 radical (unpaired) electrons. The highest BCUT2D eigenvalue weighted by molar-refractivity contribution is 6.31. The van der Waals surface area contributed by atoms with Crippen molar-refractivity contribution in [2.24, 2.45) is 5.92 Å². The van der Waals surface area contributed by atoms with Crippen LogP contribution in [0.25, 0.3) is 17.0 Å². The molecule has 0 saturated heterocycles. The summed E-state index contributed by atoms with van der Waals surface area (Å²) < 4.78 is 0. The number of aliphatic hydroxyl groups excluding tert-OH is 1. The molecule has 20 heavy (non-hydrogen) atoms. The third-order valence-corrected chi connectivity index (χ3v) is 3.87. The third kappa shape index (κ3) is 2.83. The van der Waals surface area contributed by atoms with E-state index in [1.807, 2.05) is 12.1 Å². The van der Waals surface area contributed by atoms with Gasteiger partial charge in [-0.3, -0.25) is 0 Å². The fraction of sp³-hybridized carbons (Fsp3) is 0.250. The van der Waals surface area contributed by atoms with Crippen molar-refractivity contribution in [2.75, 3.05) is 0 Å². The Labute approximate surface area is 123 Å². The van der Waals surface area contributed by atoms with Gasteiger partial charge in [0, 0.05) is 10.6 Å². The number of aliphatic hydroxyl groups is 1. The van der Waals surface area contributed by atoms with Crippen LogP contribution in [0.3, 0.4) is 0 Å². The average molecular weight is 287 g/mol. The summed E-state index contributed by atoms with van der Waals surface area (Å²) >= 11 is 6.34. The molecular weight excluding hydrogens is 272 g/mol. The van der Waals surface area contributed by atoms with Crippen LogP contribution in [0, 0.1) is 5.92 Å². The van der Waals surface area contributed by atoms with Crippen LogP contribution in [0.2, 0.25) is 5.02 Å². The normalized spacial score (nSPS) is 14.2. The highest BCUT2D eigenvalue weighted by Crippen LogP contribution is 2.35. The topological polar surface area (TPSA) is 46.0 Å². The van der Waals surface area contributed by atoms with Gasteiger partial charge in [-0.1, -0.05) is 30.3 Å². The van der Waals surface area contributed by atoms with Gasteiger partial charge in [-0.2, -0.15) is 0 Å². The fourth-order valence-electron chi connectivity index (χ4n) is 2.18. The molecule has 1 saturated carbocycles. The van der Waals surface area contributed by atoms with E-state index in [4.69, 9.17) is 11.6 Å². The molecule has 3 rings (SSSR count). The van der Waals surface area contributed by atoms with Gasteiger partial charge < -0.3 is 5.11 Å². The van der Waals surface area contributed by atoms with Crippen LogP contribution in [-0.2, 0) is 6.42 Å². The van der Waals surface area contributed by atoms with Crippen molar-refractivity contribution in [3.05, 3.63) is 53.5 Å². The molecule has 2 aromatic rings. The molecule has 0 bridgehead atoms. The molecule has 1 aromatic carbocycles. The zero-order valence-corrected chi connectivity index (χ0v) is 11.8. The predicted octanol–water partition coefficient (Wildman–Crippen LogP) is 4.28. The molecule has 0 spiro atoms. The summed E-state index contributed by atoms with van der Waals surface area (Å²) in [7, 11) is 0. The van der Waals surface area contributed by atoms with Gasteiger partial charge in [0.25, 0.3) is 0 Å². The van der Waals surface area contributed by atoms with Gasteiger partial charge in [0.2, 0.25) is 0 Å². The zero-order valence-electron chi connectivity index (χ0n) is 11.0. The molecule has 1 aromatic heterocycles. The second kappa shape index (κ2) is 5.25. The van der Waals surface area contributed by atoms with Crippen molar-refractivity contribution in [1.82, 2.24) is 9.97 Å². The molecule has 1 aliphatic carbocycles. The van der Waals surface area contributed by atoms with Gasteiger partial charge in [0.15, 0.2) is 0 Å². The van der Waals surface area contributed by atoms with E-state index >= 15 is 0 Å². The average Bonchev–Trinajstić information content (AvgIpc) is 3.25. The summed E-state index contributed by atoms with van der Waals surface area (Å²) in [6, 6.07) is 7.70. The smallest absolute Gasteiger partial charge is 0.134 e. The lowest BCUT2D eigenvalue weighted by molar-refractivity contribution is 0.510. The lowest BCUT2D eigenvalue weighted by Crippen LogP contribution is -1.93. The Balaban J connectivity index is 1.91.